The molecular weight excluding hydrogens is 224 g/mol. The topological polar surface area (TPSA) is 37.3 Å². The molecule has 1 N–H and O–H groups in total. The van der Waals surface area contributed by atoms with Gasteiger partial charge in [0.2, 0.25) is 0 Å². The van der Waals surface area contributed by atoms with Gasteiger partial charge in [0.25, 0.3) is 0 Å². The van der Waals surface area contributed by atoms with Crippen LogP contribution in [0, 0.1) is 0 Å². The summed E-state index contributed by atoms with van der Waals surface area (Å²) in [6, 6.07) is 11.3. The maximum absolute atomic E-state index is 10.9. The minimum absolute atomic E-state index is 0.330. The van der Waals surface area contributed by atoms with Crippen LogP contribution < -0.4 is 0 Å². The summed E-state index contributed by atoms with van der Waals surface area (Å²) >= 11 is 0. The molecule has 0 aliphatic carbocycles. The normalized spacial score (nSPS) is 11.2. The third kappa shape index (κ3) is 2.77. The Balaban J connectivity index is 2.35. The van der Waals surface area contributed by atoms with Crippen molar-refractivity contribution in [3.8, 4) is 0 Å². The Morgan fingerprint density at radius 2 is 1.89 bits per heavy atom. The van der Waals surface area contributed by atoms with Crippen molar-refractivity contribution in [1.29, 1.82) is 0 Å². The summed E-state index contributed by atoms with van der Waals surface area (Å²) in [6.07, 6.45) is 6.49. The lowest BCUT2D eigenvalue weighted by molar-refractivity contribution is 0.0697. The van der Waals surface area contributed by atoms with Gasteiger partial charge in [0.1, 0.15) is 0 Å². The molecule has 18 heavy (non-hydrogen) atoms. The second kappa shape index (κ2) is 5.50. The van der Waals surface area contributed by atoms with Gasteiger partial charge in [-0.25, -0.2) is 4.79 Å². The number of allylic oxidation sites excluding steroid dienone is 1. The van der Waals surface area contributed by atoms with Gasteiger partial charge in [-0.1, -0.05) is 43.7 Å². The van der Waals surface area contributed by atoms with E-state index in [0.717, 1.165) is 29.2 Å². The van der Waals surface area contributed by atoms with Crippen LogP contribution in [0.4, 0.5) is 0 Å². The lowest BCUT2D eigenvalue weighted by Gasteiger charge is -2.01. The summed E-state index contributed by atoms with van der Waals surface area (Å²) in [5.74, 6) is -0.885. The summed E-state index contributed by atoms with van der Waals surface area (Å²) in [7, 11) is 0. The molecule has 0 aromatic heterocycles. The first-order valence-corrected chi connectivity index (χ1v) is 6.14. The molecule has 2 rings (SSSR count). The Morgan fingerprint density at radius 1 is 1.17 bits per heavy atom. The van der Waals surface area contributed by atoms with E-state index < -0.39 is 5.97 Å². The Morgan fingerprint density at radius 3 is 2.61 bits per heavy atom. The SMILES string of the molecule is CCC/C=C/c1ccc2cc(C(=O)O)ccc2c1. The zero-order valence-corrected chi connectivity index (χ0v) is 10.4. The molecule has 0 saturated heterocycles. The van der Waals surface area contributed by atoms with Crippen LogP contribution in [-0.2, 0) is 0 Å². The van der Waals surface area contributed by atoms with Gasteiger partial charge < -0.3 is 5.11 Å². The molecule has 0 aliphatic rings. The first-order valence-electron chi connectivity index (χ1n) is 6.14. The predicted molar refractivity (Wildman–Crippen MR) is 74.8 cm³/mol. The number of hydrogen-bond acceptors (Lipinski definition) is 1. The minimum atomic E-state index is -0.885. The van der Waals surface area contributed by atoms with Gasteiger partial charge in [-0.05, 0) is 41.0 Å². The summed E-state index contributed by atoms with van der Waals surface area (Å²) in [5, 5.41) is 11.0. The molecule has 0 atom stereocenters. The van der Waals surface area contributed by atoms with Gasteiger partial charge in [-0.2, -0.15) is 0 Å². The molecule has 0 radical (unpaired) electrons. The van der Waals surface area contributed by atoms with Gasteiger partial charge in [0.05, 0.1) is 5.56 Å². The van der Waals surface area contributed by atoms with Crippen LogP contribution in [0.25, 0.3) is 16.8 Å². The fraction of sp³-hybridized carbons (Fsp3) is 0.188. The van der Waals surface area contributed by atoms with Crippen molar-refractivity contribution in [2.75, 3.05) is 0 Å². The Kier molecular flexibility index (Phi) is 3.78. The molecule has 0 fully saturated rings. The van der Waals surface area contributed by atoms with E-state index in [-0.39, 0.29) is 0 Å². The van der Waals surface area contributed by atoms with Gasteiger partial charge in [-0.3, -0.25) is 0 Å². The molecule has 0 bridgehead atoms. The van der Waals surface area contributed by atoms with E-state index >= 15 is 0 Å². The molecule has 0 heterocycles. The highest BCUT2D eigenvalue weighted by atomic mass is 16.4. The van der Waals surface area contributed by atoms with Gasteiger partial charge in [0, 0.05) is 0 Å². The van der Waals surface area contributed by atoms with Crippen molar-refractivity contribution in [1.82, 2.24) is 0 Å². The minimum Gasteiger partial charge on any atom is -0.478 e. The van der Waals surface area contributed by atoms with E-state index in [1.165, 1.54) is 0 Å². The van der Waals surface area contributed by atoms with Crippen molar-refractivity contribution in [2.45, 2.75) is 19.8 Å². The van der Waals surface area contributed by atoms with E-state index in [2.05, 4.69) is 25.1 Å². The first-order chi connectivity index (χ1) is 8.70. The molecule has 0 saturated carbocycles. The summed E-state index contributed by atoms with van der Waals surface area (Å²) in [4.78, 5) is 10.9. The van der Waals surface area contributed by atoms with Gasteiger partial charge in [0.15, 0.2) is 0 Å². The second-order valence-electron chi connectivity index (χ2n) is 4.32. The molecule has 2 nitrogen and oxygen atoms in total. The van der Waals surface area contributed by atoms with E-state index in [4.69, 9.17) is 5.11 Å². The van der Waals surface area contributed by atoms with Gasteiger partial charge in [-0.15, -0.1) is 0 Å². The smallest absolute Gasteiger partial charge is 0.335 e. The Labute approximate surface area is 107 Å². The van der Waals surface area contributed by atoms with Crippen LogP contribution in [0.1, 0.15) is 35.7 Å². The van der Waals surface area contributed by atoms with E-state index in [1.54, 1.807) is 12.1 Å². The average Bonchev–Trinajstić information content (AvgIpc) is 2.38. The molecule has 0 aliphatic heterocycles. The van der Waals surface area contributed by atoms with Crippen molar-refractivity contribution < 1.29 is 9.90 Å². The standard InChI is InChI=1S/C16H16O2/c1-2-3-4-5-12-6-7-14-11-15(16(17)18)9-8-13(14)10-12/h4-11H,2-3H2,1H3,(H,17,18)/b5-4+. The fourth-order valence-electron chi connectivity index (χ4n) is 1.89. The molecule has 0 spiro atoms. The third-order valence-electron chi connectivity index (χ3n) is 2.88. The molecular formula is C16H16O2. The Hall–Kier alpha value is -2.09. The third-order valence-corrected chi connectivity index (χ3v) is 2.88. The lowest BCUT2D eigenvalue weighted by atomic mass is 10.0. The summed E-state index contributed by atoms with van der Waals surface area (Å²) < 4.78 is 0. The first kappa shape index (κ1) is 12.4. The maximum atomic E-state index is 10.9. The highest BCUT2D eigenvalue weighted by molar-refractivity contribution is 5.94. The van der Waals surface area contributed by atoms with E-state index in [0.29, 0.717) is 5.56 Å². The second-order valence-corrected chi connectivity index (χ2v) is 4.32. The summed E-state index contributed by atoms with van der Waals surface area (Å²) in [6.45, 7) is 2.15. The van der Waals surface area contributed by atoms with Crippen LogP contribution >= 0.6 is 0 Å². The highest BCUT2D eigenvalue weighted by Crippen LogP contribution is 2.19. The molecule has 2 heteroatoms. The molecule has 0 unspecified atom stereocenters. The number of carboxylic acids is 1. The number of aromatic carboxylic acids is 1. The number of benzene rings is 2. The number of hydrogen-bond donors (Lipinski definition) is 1. The quantitative estimate of drug-likeness (QED) is 0.862. The van der Waals surface area contributed by atoms with Crippen LogP contribution in [0.5, 0.6) is 0 Å². The van der Waals surface area contributed by atoms with Crippen LogP contribution in [-0.4, -0.2) is 11.1 Å². The van der Waals surface area contributed by atoms with Crippen molar-refractivity contribution >= 4 is 22.8 Å². The van der Waals surface area contributed by atoms with Crippen molar-refractivity contribution in [3.63, 3.8) is 0 Å². The van der Waals surface area contributed by atoms with Crippen molar-refractivity contribution in [2.24, 2.45) is 0 Å². The fourth-order valence-corrected chi connectivity index (χ4v) is 1.89. The summed E-state index contributed by atoms with van der Waals surface area (Å²) in [5.41, 5.74) is 1.48. The van der Waals surface area contributed by atoms with E-state index in [1.807, 2.05) is 18.2 Å². The number of fused-ring (bicyclic) bond motifs is 1. The number of carboxylic acid groups (broad SMARTS) is 1. The van der Waals surface area contributed by atoms with Crippen molar-refractivity contribution in [3.05, 3.63) is 53.6 Å². The number of unbranched alkanes of at least 4 members (excludes halogenated alkanes) is 1. The van der Waals surface area contributed by atoms with Crippen LogP contribution in [0.3, 0.4) is 0 Å². The lowest BCUT2D eigenvalue weighted by Crippen LogP contribution is -1.95. The molecule has 2 aromatic carbocycles. The largest absolute Gasteiger partial charge is 0.478 e. The number of carbonyl (C=O) groups is 1. The van der Waals surface area contributed by atoms with E-state index in [9.17, 15) is 4.79 Å². The molecule has 2 aromatic rings. The molecule has 92 valence electrons. The zero-order chi connectivity index (χ0) is 13.0. The predicted octanol–water partition coefficient (Wildman–Crippen LogP) is 4.35. The maximum Gasteiger partial charge on any atom is 0.335 e. The Bertz CT molecular complexity index is 597. The van der Waals surface area contributed by atoms with Gasteiger partial charge >= 0.3 is 5.97 Å². The van der Waals surface area contributed by atoms with Crippen LogP contribution in [0.15, 0.2) is 42.5 Å². The average molecular weight is 240 g/mol. The highest BCUT2D eigenvalue weighted by Gasteiger charge is 2.03. The monoisotopic (exact) mass is 240 g/mol. The van der Waals surface area contributed by atoms with Crippen LogP contribution in [0.2, 0.25) is 0 Å². The number of rotatable bonds is 4. The zero-order valence-electron chi connectivity index (χ0n) is 10.4. The molecule has 0 amide bonds.